The van der Waals surface area contributed by atoms with Crippen LogP contribution in [0.15, 0.2) is 175 Å². The third-order valence-electron chi connectivity index (χ3n) is 8.94. The Morgan fingerprint density at radius 1 is 0.457 bits per heavy atom. The molecular weight excluding hydrogens is 560 g/mol. The van der Waals surface area contributed by atoms with E-state index in [4.69, 9.17) is 4.42 Å². The fraction of sp³-hybridized carbons (Fsp3) is 0. The third kappa shape index (κ3) is 4.33. The Kier molecular flexibility index (Phi) is 6.14. The molecule has 2 aromatic heterocycles. The lowest BCUT2D eigenvalue weighted by Gasteiger charge is -2.27. The molecule has 46 heavy (non-hydrogen) atoms. The van der Waals surface area contributed by atoms with Crippen LogP contribution in [0.5, 0.6) is 0 Å². The maximum Gasteiger partial charge on any atom is 0.160 e. The molecule has 0 aliphatic carbocycles. The molecule has 7 aromatic carbocycles. The molecule has 3 nitrogen and oxygen atoms in total. The molecule has 0 bridgehead atoms. The minimum Gasteiger partial charge on any atom is -0.454 e. The van der Waals surface area contributed by atoms with E-state index >= 15 is 0 Å². The van der Waals surface area contributed by atoms with Crippen molar-refractivity contribution in [3.63, 3.8) is 0 Å². The lowest BCUT2D eigenvalue weighted by molar-refractivity contribution is 0.669. The van der Waals surface area contributed by atoms with Crippen LogP contribution in [0.1, 0.15) is 0 Å². The van der Waals surface area contributed by atoms with Gasteiger partial charge in [0.2, 0.25) is 0 Å². The van der Waals surface area contributed by atoms with Crippen molar-refractivity contribution in [2.45, 2.75) is 0 Å². The van der Waals surface area contributed by atoms with Gasteiger partial charge in [-0.15, -0.1) is 0 Å². The third-order valence-corrected chi connectivity index (χ3v) is 8.94. The molecule has 0 atom stereocenters. The summed E-state index contributed by atoms with van der Waals surface area (Å²) < 4.78 is 6.69. The molecule has 2 heterocycles. The van der Waals surface area contributed by atoms with E-state index in [2.05, 4.69) is 155 Å². The molecule has 0 aliphatic rings. The van der Waals surface area contributed by atoms with Crippen LogP contribution >= 0.6 is 0 Å². The summed E-state index contributed by atoms with van der Waals surface area (Å²) in [6.07, 6.45) is 3.81. The number of benzene rings is 7. The van der Waals surface area contributed by atoms with Gasteiger partial charge < -0.3 is 9.32 Å². The molecule has 0 fully saturated rings. The second-order valence-electron chi connectivity index (χ2n) is 11.6. The Balaban J connectivity index is 1.28. The molecule has 3 heteroatoms. The zero-order valence-electron chi connectivity index (χ0n) is 25.0. The Morgan fingerprint density at radius 2 is 1.11 bits per heavy atom. The van der Waals surface area contributed by atoms with E-state index in [-0.39, 0.29) is 0 Å². The number of para-hydroxylation sites is 1. The quantitative estimate of drug-likeness (QED) is 0.200. The molecule has 0 aliphatic heterocycles. The van der Waals surface area contributed by atoms with Crippen LogP contribution in [0.4, 0.5) is 17.1 Å². The lowest BCUT2D eigenvalue weighted by atomic mass is 9.97. The highest BCUT2D eigenvalue weighted by molar-refractivity contribution is 6.19. The van der Waals surface area contributed by atoms with Gasteiger partial charge in [0.15, 0.2) is 5.58 Å². The van der Waals surface area contributed by atoms with Crippen LogP contribution in [0.25, 0.3) is 65.7 Å². The Labute approximate surface area is 266 Å². The number of aromatic nitrogens is 1. The molecule has 0 radical (unpaired) electrons. The second-order valence-corrected chi connectivity index (χ2v) is 11.6. The number of anilines is 3. The Morgan fingerprint density at radius 3 is 1.91 bits per heavy atom. The first-order valence-corrected chi connectivity index (χ1v) is 15.5. The predicted octanol–water partition coefficient (Wildman–Crippen LogP) is 12.1. The van der Waals surface area contributed by atoms with Crippen LogP contribution in [0.2, 0.25) is 0 Å². The number of hydrogen-bond donors (Lipinski definition) is 0. The first-order chi connectivity index (χ1) is 22.8. The monoisotopic (exact) mass is 588 g/mol. The summed E-state index contributed by atoms with van der Waals surface area (Å²) in [6.45, 7) is 0. The van der Waals surface area contributed by atoms with Crippen molar-refractivity contribution in [1.29, 1.82) is 0 Å². The van der Waals surface area contributed by atoms with E-state index < -0.39 is 0 Å². The first kappa shape index (κ1) is 26.2. The minimum absolute atomic E-state index is 0.852. The highest BCUT2D eigenvalue weighted by Crippen LogP contribution is 2.47. The summed E-state index contributed by atoms with van der Waals surface area (Å²) in [4.78, 5) is 6.82. The summed E-state index contributed by atoms with van der Waals surface area (Å²) in [7, 11) is 0. The maximum absolute atomic E-state index is 6.69. The molecule has 216 valence electrons. The maximum atomic E-state index is 6.69. The first-order valence-electron chi connectivity index (χ1n) is 15.5. The fourth-order valence-corrected chi connectivity index (χ4v) is 6.73. The van der Waals surface area contributed by atoms with E-state index in [0.717, 1.165) is 49.8 Å². The molecular formula is C43H28N2O. The zero-order valence-corrected chi connectivity index (χ0v) is 25.0. The molecule has 0 spiro atoms. The van der Waals surface area contributed by atoms with Gasteiger partial charge in [-0.1, -0.05) is 115 Å². The van der Waals surface area contributed by atoms with Crippen LogP contribution in [0.3, 0.4) is 0 Å². The van der Waals surface area contributed by atoms with E-state index in [1.54, 1.807) is 0 Å². The van der Waals surface area contributed by atoms with Crippen LogP contribution in [-0.2, 0) is 0 Å². The average molecular weight is 589 g/mol. The summed E-state index contributed by atoms with van der Waals surface area (Å²) in [6, 6.07) is 55.8. The average Bonchev–Trinajstić information content (AvgIpc) is 3.50. The highest BCUT2D eigenvalue weighted by atomic mass is 16.3. The molecule has 9 aromatic rings. The Bertz CT molecular complexity index is 2510. The SMILES string of the molecule is c1ccc(-c2ccc(N(c3ccc(-c4cccc5ccccc45)cc3)c3c4ccncc4cc4c3oc3ccccc34)cc2)cc1. The minimum atomic E-state index is 0.852. The largest absolute Gasteiger partial charge is 0.454 e. The predicted molar refractivity (Wildman–Crippen MR) is 192 cm³/mol. The van der Waals surface area contributed by atoms with Crippen LogP contribution < -0.4 is 4.90 Å². The van der Waals surface area contributed by atoms with Crippen molar-refractivity contribution in [2.75, 3.05) is 4.90 Å². The fourth-order valence-electron chi connectivity index (χ4n) is 6.73. The van der Waals surface area contributed by atoms with Crippen molar-refractivity contribution >= 4 is 60.5 Å². The van der Waals surface area contributed by atoms with Gasteiger partial charge in [-0.3, -0.25) is 4.98 Å². The summed E-state index contributed by atoms with van der Waals surface area (Å²) in [5, 5.41) is 6.79. The highest BCUT2D eigenvalue weighted by Gasteiger charge is 2.23. The number of fused-ring (bicyclic) bond motifs is 5. The van der Waals surface area contributed by atoms with E-state index in [1.807, 2.05) is 24.5 Å². The second kappa shape index (κ2) is 10.8. The topological polar surface area (TPSA) is 29.3 Å². The van der Waals surface area contributed by atoms with Crippen LogP contribution in [0, 0.1) is 0 Å². The van der Waals surface area contributed by atoms with Crippen molar-refractivity contribution in [1.82, 2.24) is 4.98 Å². The number of hydrogen-bond acceptors (Lipinski definition) is 3. The van der Waals surface area contributed by atoms with Crippen LogP contribution in [-0.4, -0.2) is 4.98 Å². The van der Waals surface area contributed by atoms with Crippen molar-refractivity contribution in [3.8, 4) is 22.3 Å². The normalized spacial score (nSPS) is 11.5. The Hall–Kier alpha value is -6.19. The van der Waals surface area contributed by atoms with E-state index in [9.17, 15) is 0 Å². The van der Waals surface area contributed by atoms with Gasteiger partial charge >= 0.3 is 0 Å². The van der Waals surface area contributed by atoms with Gasteiger partial charge in [0.05, 0.1) is 5.69 Å². The van der Waals surface area contributed by atoms with E-state index in [0.29, 0.717) is 0 Å². The van der Waals surface area contributed by atoms with E-state index in [1.165, 1.54) is 33.0 Å². The lowest BCUT2D eigenvalue weighted by Crippen LogP contribution is -2.11. The van der Waals surface area contributed by atoms with Crippen molar-refractivity contribution in [3.05, 3.63) is 170 Å². The standard InChI is InChI=1S/C43H28N2O/c1-2-9-29(10-3-1)30-17-21-34(22-18-30)45(35-23-19-32(20-24-35)37-15-8-12-31-11-4-5-13-36(31)37)42-38-25-26-44-28-33(38)27-40-39-14-6-7-16-41(39)46-43(40)42/h1-28H. The van der Waals surface area contributed by atoms with Gasteiger partial charge in [-0.25, -0.2) is 0 Å². The summed E-state index contributed by atoms with van der Waals surface area (Å²) >= 11 is 0. The molecule has 9 rings (SSSR count). The van der Waals surface area contributed by atoms with Gasteiger partial charge in [-0.2, -0.15) is 0 Å². The molecule has 0 saturated carbocycles. The van der Waals surface area contributed by atoms with Crippen molar-refractivity contribution < 1.29 is 4.42 Å². The van der Waals surface area contributed by atoms with Gasteiger partial charge in [0.25, 0.3) is 0 Å². The number of pyridine rings is 1. The van der Waals surface area contributed by atoms with Crippen molar-refractivity contribution in [2.24, 2.45) is 0 Å². The summed E-state index contributed by atoms with van der Waals surface area (Å²) in [5.41, 5.74) is 9.57. The molecule has 0 unspecified atom stereocenters. The zero-order chi connectivity index (χ0) is 30.5. The van der Waals surface area contributed by atoms with Gasteiger partial charge in [0, 0.05) is 45.3 Å². The number of furan rings is 1. The molecule has 0 saturated heterocycles. The smallest absolute Gasteiger partial charge is 0.160 e. The molecule has 0 amide bonds. The van der Waals surface area contributed by atoms with Gasteiger partial charge in [-0.05, 0) is 75.5 Å². The van der Waals surface area contributed by atoms with Gasteiger partial charge in [0.1, 0.15) is 5.58 Å². The summed E-state index contributed by atoms with van der Waals surface area (Å²) in [5.74, 6) is 0. The number of nitrogens with zero attached hydrogens (tertiary/aromatic N) is 2. The molecule has 0 N–H and O–H groups in total. The number of rotatable bonds is 5.